The number of aryl methyl sites for hydroxylation is 2. The molecule has 1 aromatic heterocycles. The highest BCUT2D eigenvalue weighted by atomic mass is 32.2. The lowest BCUT2D eigenvalue weighted by molar-refractivity contribution is 0.851. The van der Waals surface area contributed by atoms with Crippen LogP contribution in [-0.2, 0) is 0 Å². The van der Waals surface area contributed by atoms with Crippen LogP contribution in [-0.4, -0.2) is 20.9 Å². The number of benzene rings is 2. The fourth-order valence-electron chi connectivity index (χ4n) is 2.29. The van der Waals surface area contributed by atoms with Gasteiger partial charge in [-0.05, 0) is 13.8 Å². The molecule has 0 atom stereocenters. The number of hydrogen-bond acceptors (Lipinski definition) is 5. The standard InChI is InChI=1S/C19H16N4S/c1-13-3-7-15(8-4-13)17-18(16-9-5-14(2)6-10-16)22-23-19(21-17)24-12-11-20/h3-10H,12H2,1-2H3. The predicted molar refractivity (Wildman–Crippen MR) is 96.5 cm³/mol. The summed E-state index contributed by atoms with van der Waals surface area (Å²) in [7, 11) is 0. The topological polar surface area (TPSA) is 62.5 Å². The molecule has 24 heavy (non-hydrogen) atoms. The van der Waals surface area contributed by atoms with Gasteiger partial charge >= 0.3 is 0 Å². The molecule has 4 nitrogen and oxygen atoms in total. The zero-order chi connectivity index (χ0) is 16.9. The van der Waals surface area contributed by atoms with Crippen LogP contribution in [0.4, 0.5) is 0 Å². The molecule has 0 aliphatic rings. The van der Waals surface area contributed by atoms with Crippen molar-refractivity contribution in [1.29, 1.82) is 5.26 Å². The molecular weight excluding hydrogens is 316 g/mol. The zero-order valence-corrected chi connectivity index (χ0v) is 14.3. The minimum atomic E-state index is 0.304. The fourth-order valence-corrected chi connectivity index (χ4v) is 2.74. The van der Waals surface area contributed by atoms with Crippen LogP contribution in [0, 0.1) is 25.2 Å². The van der Waals surface area contributed by atoms with Crippen molar-refractivity contribution in [2.75, 3.05) is 5.75 Å². The maximum atomic E-state index is 8.76. The molecular formula is C19H16N4S. The van der Waals surface area contributed by atoms with E-state index >= 15 is 0 Å². The molecule has 0 aliphatic heterocycles. The Kier molecular flexibility index (Phi) is 4.88. The maximum absolute atomic E-state index is 8.76. The van der Waals surface area contributed by atoms with Gasteiger partial charge in [-0.15, -0.1) is 10.2 Å². The molecule has 0 amide bonds. The number of thioether (sulfide) groups is 1. The van der Waals surface area contributed by atoms with Crippen LogP contribution in [0.1, 0.15) is 11.1 Å². The Morgan fingerprint density at radius 2 is 1.38 bits per heavy atom. The number of hydrogen-bond donors (Lipinski definition) is 0. The lowest BCUT2D eigenvalue weighted by Crippen LogP contribution is -1.99. The first kappa shape index (κ1) is 16.2. The molecule has 0 fully saturated rings. The van der Waals surface area contributed by atoms with E-state index in [2.05, 4.69) is 47.2 Å². The van der Waals surface area contributed by atoms with E-state index in [9.17, 15) is 0 Å². The normalized spacial score (nSPS) is 10.4. The Morgan fingerprint density at radius 3 is 1.92 bits per heavy atom. The summed E-state index contributed by atoms with van der Waals surface area (Å²) in [6.07, 6.45) is 0. The summed E-state index contributed by atoms with van der Waals surface area (Å²) in [4.78, 5) is 4.65. The van der Waals surface area contributed by atoms with Gasteiger partial charge in [-0.1, -0.05) is 71.4 Å². The molecule has 2 aromatic carbocycles. The number of nitriles is 1. The average Bonchev–Trinajstić information content (AvgIpc) is 2.61. The summed E-state index contributed by atoms with van der Waals surface area (Å²) in [5, 5.41) is 17.8. The average molecular weight is 332 g/mol. The van der Waals surface area contributed by atoms with Gasteiger partial charge in [0.2, 0.25) is 5.16 Å². The summed E-state index contributed by atoms with van der Waals surface area (Å²) < 4.78 is 0. The maximum Gasteiger partial charge on any atom is 0.210 e. The molecule has 0 bridgehead atoms. The quantitative estimate of drug-likeness (QED) is 0.661. The molecule has 0 radical (unpaired) electrons. The molecule has 0 unspecified atom stereocenters. The van der Waals surface area contributed by atoms with Crippen LogP contribution in [0.15, 0.2) is 53.7 Å². The summed E-state index contributed by atoms with van der Waals surface area (Å²) >= 11 is 1.29. The molecule has 0 N–H and O–H groups in total. The van der Waals surface area contributed by atoms with Crippen LogP contribution >= 0.6 is 11.8 Å². The Hall–Kier alpha value is -2.71. The molecule has 3 aromatic rings. The second-order valence-electron chi connectivity index (χ2n) is 5.47. The van der Waals surface area contributed by atoms with E-state index in [4.69, 9.17) is 5.26 Å². The zero-order valence-electron chi connectivity index (χ0n) is 13.5. The summed E-state index contributed by atoms with van der Waals surface area (Å²) in [5.41, 5.74) is 5.89. The smallest absolute Gasteiger partial charge is 0.210 e. The minimum absolute atomic E-state index is 0.304. The third kappa shape index (κ3) is 3.61. The van der Waals surface area contributed by atoms with Gasteiger partial charge < -0.3 is 0 Å². The van der Waals surface area contributed by atoms with E-state index in [-0.39, 0.29) is 0 Å². The van der Waals surface area contributed by atoms with Crippen molar-refractivity contribution in [3.8, 4) is 28.6 Å². The largest absolute Gasteiger partial charge is 0.219 e. The van der Waals surface area contributed by atoms with E-state index in [1.165, 1.54) is 22.9 Å². The SMILES string of the molecule is Cc1ccc(-c2nnc(SCC#N)nc2-c2ccc(C)cc2)cc1. The molecule has 1 heterocycles. The molecule has 0 spiro atoms. The van der Waals surface area contributed by atoms with E-state index < -0.39 is 0 Å². The van der Waals surface area contributed by atoms with E-state index in [1.54, 1.807) is 0 Å². The molecule has 118 valence electrons. The lowest BCUT2D eigenvalue weighted by Gasteiger charge is -2.09. The Bertz CT molecular complexity index is 881. The van der Waals surface area contributed by atoms with E-state index in [1.807, 2.05) is 36.4 Å². The van der Waals surface area contributed by atoms with Crippen molar-refractivity contribution in [3.05, 3.63) is 59.7 Å². The Morgan fingerprint density at radius 1 is 0.833 bits per heavy atom. The monoisotopic (exact) mass is 332 g/mol. The van der Waals surface area contributed by atoms with Crippen molar-refractivity contribution < 1.29 is 0 Å². The van der Waals surface area contributed by atoms with Crippen LogP contribution in [0.3, 0.4) is 0 Å². The molecule has 0 saturated heterocycles. The number of nitrogens with zero attached hydrogens (tertiary/aromatic N) is 4. The molecule has 5 heteroatoms. The van der Waals surface area contributed by atoms with Gasteiger partial charge in [-0.3, -0.25) is 0 Å². The van der Waals surface area contributed by atoms with Crippen molar-refractivity contribution in [2.24, 2.45) is 0 Å². The van der Waals surface area contributed by atoms with Crippen molar-refractivity contribution in [3.63, 3.8) is 0 Å². The summed E-state index contributed by atoms with van der Waals surface area (Å²) in [6.45, 7) is 4.10. The molecule has 0 aliphatic carbocycles. The second-order valence-corrected chi connectivity index (χ2v) is 6.41. The van der Waals surface area contributed by atoms with Gasteiger partial charge in [0.1, 0.15) is 11.4 Å². The van der Waals surface area contributed by atoms with Crippen LogP contribution in [0.5, 0.6) is 0 Å². The Balaban J connectivity index is 2.11. The summed E-state index contributed by atoms with van der Waals surface area (Å²) in [6, 6.07) is 18.4. The third-order valence-electron chi connectivity index (χ3n) is 3.58. The van der Waals surface area contributed by atoms with Gasteiger partial charge in [0.25, 0.3) is 0 Å². The second kappa shape index (κ2) is 7.24. The van der Waals surface area contributed by atoms with Crippen LogP contribution < -0.4 is 0 Å². The van der Waals surface area contributed by atoms with Gasteiger partial charge in [0.05, 0.1) is 11.8 Å². The molecule has 3 rings (SSSR count). The van der Waals surface area contributed by atoms with Gasteiger partial charge in [0, 0.05) is 11.1 Å². The predicted octanol–water partition coefficient (Wildman–Crippen LogP) is 4.44. The lowest BCUT2D eigenvalue weighted by atomic mass is 10.0. The van der Waals surface area contributed by atoms with E-state index in [0.29, 0.717) is 10.9 Å². The van der Waals surface area contributed by atoms with Crippen molar-refractivity contribution >= 4 is 11.8 Å². The highest BCUT2D eigenvalue weighted by Crippen LogP contribution is 2.30. The van der Waals surface area contributed by atoms with Crippen LogP contribution in [0.2, 0.25) is 0 Å². The summed E-state index contributed by atoms with van der Waals surface area (Å²) in [5.74, 6) is 0.304. The highest BCUT2D eigenvalue weighted by molar-refractivity contribution is 7.99. The van der Waals surface area contributed by atoms with Crippen LogP contribution in [0.25, 0.3) is 22.5 Å². The van der Waals surface area contributed by atoms with Gasteiger partial charge in [-0.2, -0.15) is 5.26 Å². The van der Waals surface area contributed by atoms with Gasteiger partial charge in [-0.25, -0.2) is 4.98 Å². The van der Waals surface area contributed by atoms with Crippen molar-refractivity contribution in [1.82, 2.24) is 15.2 Å². The minimum Gasteiger partial charge on any atom is -0.219 e. The molecule has 0 saturated carbocycles. The van der Waals surface area contributed by atoms with Crippen molar-refractivity contribution in [2.45, 2.75) is 19.0 Å². The first-order valence-electron chi connectivity index (χ1n) is 7.56. The van der Waals surface area contributed by atoms with Gasteiger partial charge in [0.15, 0.2) is 0 Å². The fraction of sp³-hybridized carbons (Fsp3) is 0.158. The highest BCUT2D eigenvalue weighted by Gasteiger charge is 2.13. The first-order valence-corrected chi connectivity index (χ1v) is 8.54. The van der Waals surface area contributed by atoms with E-state index in [0.717, 1.165) is 22.5 Å². The first-order chi connectivity index (χ1) is 11.7. The Labute approximate surface area is 145 Å². The third-order valence-corrected chi connectivity index (χ3v) is 4.29. The number of rotatable bonds is 4. The number of aromatic nitrogens is 3.